The summed E-state index contributed by atoms with van der Waals surface area (Å²) in [4.78, 5) is 20.6. The van der Waals surface area contributed by atoms with E-state index in [0.717, 1.165) is 18.4 Å². The van der Waals surface area contributed by atoms with E-state index < -0.39 is 5.60 Å². The van der Waals surface area contributed by atoms with Crippen LogP contribution in [-0.2, 0) is 14.9 Å². The van der Waals surface area contributed by atoms with E-state index >= 15 is 0 Å². The molecule has 0 unspecified atom stereocenters. The minimum atomic E-state index is -0.510. The van der Waals surface area contributed by atoms with Gasteiger partial charge in [-0.1, -0.05) is 12.1 Å². The number of amides is 1. The highest BCUT2D eigenvalue weighted by atomic mass is 127. The Morgan fingerprint density at radius 2 is 1.81 bits per heavy atom. The molecule has 2 aliphatic rings. The number of piperazine rings is 1. The molecule has 3 rings (SSSR count). The second kappa shape index (κ2) is 10.8. The molecule has 0 bridgehead atoms. The summed E-state index contributed by atoms with van der Waals surface area (Å²) < 4.78 is 24.8. The minimum absolute atomic E-state index is 0. The van der Waals surface area contributed by atoms with Crippen LogP contribution < -0.4 is 5.73 Å². The normalized spacial score (nSPS) is 19.5. The summed E-state index contributed by atoms with van der Waals surface area (Å²) >= 11 is 0. The monoisotopic (exact) mass is 548 g/mol. The van der Waals surface area contributed by atoms with Crippen LogP contribution in [0.5, 0.6) is 0 Å². The van der Waals surface area contributed by atoms with E-state index in [0.29, 0.717) is 51.9 Å². The molecule has 0 radical (unpaired) electrons. The van der Waals surface area contributed by atoms with Crippen molar-refractivity contribution in [1.82, 2.24) is 9.80 Å². The molecule has 0 atom stereocenters. The van der Waals surface area contributed by atoms with Gasteiger partial charge in [-0.2, -0.15) is 0 Å². The largest absolute Gasteiger partial charge is 0.444 e. The number of carbonyl (C=O) groups is 1. The number of aliphatic imine (C=N–C) groups is 1. The Bertz CT molecular complexity index is 770. The Hall–Kier alpha value is -1.62. The molecule has 2 saturated heterocycles. The molecule has 1 aromatic rings. The standard InChI is InChI=1S/C22H33FN4O3.HI/c1-21(2,3)30-20(28)27-11-9-26(10-12-27)19(24)25-16-22(7-13-29-14-8-22)17-5-4-6-18(23)15-17;/h4-6,15H,7-14,16H2,1-3H3,(H2,24,25);1H. The van der Waals surface area contributed by atoms with Gasteiger partial charge in [0, 0.05) is 44.8 Å². The Balaban J connectivity index is 0.00000341. The fourth-order valence-electron chi connectivity index (χ4n) is 3.90. The van der Waals surface area contributed by atoms with Crippen LogP contribution in [0.2, 0.25) is 0 Å². The number of carbonyl (C=O) groups excluding carboxylic acids is 1. The fraction of sp³-hybridized carbons (Fsp3) is 0.636. The van der Waals surface area contributed by atoms with Gasteiger partial charge in [-0.15, -0.1) is 24.0 Å². The van der Waals surface area contributed by atoms with Crippen molar-refractivity contribution in [2.45, 2.75) is 44.6 Å². The van der Waals surface area contributed by atoms with E-state index in [1.807, 2.05) is 31.7 Å². The number of rotatable bonds is 3. The molecule has 2 N–H and O–H groups in total. The zero-order valence-corrected chi connectivity index (χ0v) is 20.9. The topological polar surface area (TPSA) is 80.4 Å². The molecule has 2 aliphatic heterocycles. The van der Waals surface area contributed by atoms with Crippen molar-refractivity contribution in [3.05, 3.63) is 35.6 Å². The van der Waals surface area contributed by atoms with Gasteiger partial charge in [-0.05, 0) is 51.3 Å². The molecular weight excluding hydrogens is 514 g/mol. The molecule has 0 aromatic heterocycles. The van der Waals surface area contributed by atoms with Crippen molar-refractivity contribution < 1.29 is 18.7 Å². The zero-order chi connectivity index (χ0) is 21.8. The van der Waals surface area contributed by atoms with Gasteiger partial charge in [0.15, 0.2) is 5.96 Å². The van der Waals surface area contributed by atoms with Gasteiger partial charge in [-0.3, -0.25) is 4.99 Å². The van der Waals surface area contributed by atoms with E-state index in [2.05, 4.69) is 4.99 Å². The van der Waals surface area contributed by atoms with Crippen LogP contribution >= 0.6 is 24.0 Å². The molecule has 9 heteroatoms. The fourth-order valence-corrected chi connectivity index (χ4v) is 3.90. The number of guanidine groups is 1. The quantitative estimate of drug-likeness (QED) is 0.356. The number of nitrogens with two attached hydrogens (primary N) is 1. The first-order valence-corrected chi connectivity index (χ1v) is 10.6. The van der Waals surface area contributed by atoms with Gasteiger partial charge >= 0.3 is 6.09 Å². The Kier molecular flexibility index (Phi) is 8.93. The maximum atomic E-state index is 13.8. The van der Waals surface area contributed by atoms with Crippen molar-refractivity contribution in [3.8, 4) is 0 Å². The van der Waals surface area contributed by atoms with Crippen molar-refractivity contribution in [1.29, 1.82) is 0 Å². The highest BCUT2D eigenvalue weighted by molar-refractivity contribution is 14.0. The smallest absolute Gasteiger partial charge is 0.410 e. The molecular formula is C22H34FIN4O3. The third-order valence-electron chi connectivity index (χ3n) is 5.69. The predicted molar refractivity (Wildman–Crippen MR) is 129 cm³/mol. The third kappa shape index (κ3) is 6.93. The van der Waals surface area contributed by atoms with E-state index in [9.17, 15) is 9.18 Å². The zero-order valence-electron chi connectivity index (χ0n) is 18.6. The second-order valence-corrected chi connectivity index (χ2v) is 9.03. The molecule has 0 saturated carbocycles. The van der Waals surface area contributed by atoms with E-state index in [4.69, 9.17) is 15.2 Å². The Morgan fingerprint density at radius 1 is 1.19 bits per heavy atom. The van der Waals surface area contributed by atoms with Crippen molar-refractivity contribution in [3.63, 3.8) is 0 Å². The van der Waals surface area contributed by atoms with Crippen LogP contribution in [0.3, 0.4) is 0 Å². The summed E-state index contributed by atoms with van der Waals surface area (Å²) in [6.45, 7) is 9.58. The van der Waals surface area contributed by atoms with Crippen LogP contribution in [0.4, 0.5) is 9.18 Å². The van der Waals surface area contributed by atoms with Gasteiger partial charge in [0.2, 0.25) is 0 Å². The van der Waals surface area contributed by atoms with Gasteiger partial charge < -0.3 is 25.0 Å². The highest BCUT2D eigenvalue weighted by Gasteiger charge is 2.35. The highest BCUT2D eigenvalue weighted by Crippen LogP contribution is 2.35. The number of benzene rings is 1. The first kappa shape index (κ1) is 25.6. The molecule has 0 aliphatic carbocycles. The minimum Gasteiger partial charge on any atom is -0.444 e. The predicted octanol–water partition coefficient (Wildman–Crippen LogP) is 3.36. The number of ether oxygens (including phenoxy) is 2. The van der Waals surface area contributed by atoms with Gasteiger partial charge in [0.1, 0.15) is 11.4 Å². The Labute approximate surface area is 201 Å². The number of nitrogens with zero attached hydrogens (tertiary/aromatic N) is 3. The molecule has 2 fully saturated rings. The number of hydrogen-bond donors (Lipinski definition) is 1. The van der Waals surface area contributed by atoms with Crippen molar-refractivity contribution >= 4 is 36.0 Å². The van der Waals surface area contributed by atoms with Crippen LogP contribution in [0.25, 0.3) is 0 Å². The summed E-state index contributed by atoms with van der Waals surface area (Å²) in [6, 6.07) is 6.75. The molecule has 1 amide bonds. The van der Waals surface area contributed by atoms with Crippen molar-refractivity contribution in [2.75, 3.05) is 45.9 Å². The van der Waals surface area contributed by atoms with Gasteiger partial charge in [0.05, 0.1) is 6.54 Å². The summed E-state index contributed by atoms with van der Waals surface area (Å²) in [6.07, 6.45) is 1.25. The molecule has 31 heavy (non-hydrogen) atoms. The molecule has 1 aromatic carbocycles. The first-order valence-electron chi connectivity index (χ1n) is 10.6. The summed E-state index contributed by atoms with van der Waals surface area (Å²) in [5.41, 5.74) is 6.45. The van der Waals surface area contributed by atoms with E-state index in [-0.39, 0.29) is 41.3 Å². The first-order chi connectivity index (χ1) is 14.2. The summed E-state index contributed by atoms with van der Waals surface area (Å²) in [5.74, 6) is 0.217. The molecule has 174 valence electrons. The summed E-state index contributed by atoms with van der Waals surface area (Å²) in [7, 11) is 0. The lowest BCUT2D eigenvalue weighted by Crippen LogP contribution is -2.53. The van der Waals surface area contributed by atoms with Crippen LogP contribution in [0.15, 0.2) is 29.3 Å². The van der Waals surface area contributed by atoms with Gasteiger partial charge in [0.25, 0.3) is 0 Å². The maximum absolute atomic E-state index is 13.8. The average Bonchev–Trinajstić information content (AvgIpc) is 2.71. The lowest BCUT2D eigenvalue weighted by molar-refractivity contribution is 0.0186. The van der Waals surface area contributed by atoms with E-state index in [1.54, 1.807) is 17.0 Å². The second-order valence-electron chi connectivity index (χ2n) is 9.03. The lowest BCUT2D eigenvalue weighted by Gasteiger charge is -2.38. The SMILES string of the molecule is CC(C)(C)OC(=O)N1CCN(C(N)=NCC2(c3cccc(F)c3)CCOCC2)CC1.I. The third-order valence-corrected chi connectivity index (χ3v) is 5.69. The van der Waals surface area contributed by atoms with Crippen LogP contribution in [-0.4, -0.2) is 73.4 Å². The average molecular weight is 548 g/mol. The molecule has 0 spiro atoms. The van der Waals surface area contributed by atoms with Gasteiger partial charge in [-0.25, -0.2) is 9.18 Å². The summed E-state index contributed by atoms with van der Waals surface area (Å²) in [5, 5.41) is 0. The molecule has 2 heterocycles. The Morgan fingerprint density at radius 3 is 2.39 bits per heavy atom. The number of hydrogen-bond acceptors (Lipinski definition) is 4. The van der Waals surface area contributed by atoms with Crippen LogP contribution in [0.1, 0.15) is 39.2 Å². The van der Waals surface area contributed by atoms with E-state index in [1.165, 1.54) is 6.07 Å². The van der Waals surface area contributed by atoms with Crippen LogP contribution in [0, 0.1) is 5.82 Å². The number of halogens is 2. The molecule has 7 nitrogen and oxygen atoms in total. The lowest BCUT2D eigenvalue weighted by atomic mass is 9.74. The maximum Gasteiger partial charge on any atom is 0.410 e. The van der Waals surface area contributed by atoms with Crippen molar-refractivity contribution in [2.24, 2.45) is 10.7 Å².